The molecule has 0 amide bonds. The predicted molar refractivity (Wildman–Crippen MR) is 56.3 cm³/mol. The quantitative estimate of drug-likeness (QED) is 0.231. The molecular formula is C3H14Ce2O13S3. The van der Waals surface area contributed by atoms with E-state index in [0.29, 0.717) is 18.8 Å². The standard InChI is InChI=1S/3CH4O3S.2Ce.4H2O/c3*1-5(2,3)4;;;;;;/h3*1H3,(H,2,3,4);;;4*1H2/q;;;2*+3;;;;/p-6. The van der Waals surface area contributed by atoms with E-state index in [1.54, 1.807) is 0 Å². The molecule has 0 aliphatic carbocycles. The molecular weight excluding hydrogens is 620 g/mol. The van der Waals surface area contributed by atoms with E-state index in [-0.39, 0.29) is 105 Å². The Morgan fingerprint density at radius 3 is 0.524 bits per heavy atom. The van der Waals surface area contributed by atoms with Crippen molar-refractivity contribution in [2.45, 2.75) is 0 Å². The van der Waals surface area contributed by atoms with Crippen molar-refractivity contribution < 1.29 is 144 Å². The largest absolute Gasteiger partial charge is 3.00 e. The van der Waals surface area contributed by atoms with Crippen molar-refractivity contribution in [2.75, 3.05) is 18.8 Å². The Balaban J connectivity index is -0.0000000129. The normalized spacial score (nSPS) is 8.29. The zero-order valence-electron chi connectivity index (χ0n) is 10.7. The van der Waals surface area contributed by atoms with Gasteiger partial charge >= 0.3 is 83.5 Å². The van der Waals surface area contributed by atoms with Crippen LogP contribution < -0.4 is 0 Å². The summed E-state index contributed by atoms with van der Waals surface area (Å²) < 4.78 is 81.7. The van der Waals surface area contributed by atoms with Crippen molar-refractivity contribution in [3.63, 3.8) is 0 Å². The summed E-state index contributed by atoms with van der Waals surface area (Å²) in [5, 5.41) is 0. The van der Waals surface area contributed by atoms with Gasteiger partial charge in [0.05, 0.1) is 30.4 Å². The minimum atomic E-state index is -3.92. The van der Waals surface area contributed by atoms with Gasteiger partial charge in [-0.05, 0) is 0 Å². The van der Waals surface area contributed by atoms with E-state index in [4.69, 9.17) is 38.9 Å². The molecule has 21 heavy (non-hydrogen) atoms. The average Bonchev–Trinajstić information content (AvgIpc) is 1.41. The van der Waals surface area contributed by atoms with Gasteiger partial charge in [-0.1, -0.05) is 0 Å². The SMILES string of the molecule is CS(=O)(=O)[O-].CS(=O)(=O)[O-].CS(=O)(=O)[O-].O.[Ce+3].[Ce+3].[OH-].[OH-].[OH-]. The summed E-state index contributed by atoms with van der Waals surface area (Å²) in [6.07, 6.45) is 1.81. The third kappa shape index (κ3) is 1710. The van der Waals surface area contributed by atoms with Crippen LogP contribution in [0.5, 0.6) is 0 Å². The number of hydrogen-bond donors (Lipinski definition) is 0. The fraction of sp³-hybridized carbons (Fsp3) is 1.00. The molecule has 0 rings (SSSR count). The predicted octanol–water partition coefficient (Wildman–Crippen LogP) is -3.87. The Bertz CT molecular complexity index is 354. The molecule has 0 unspecified atom stereocenters. The average molecular weight is 635 g/mol. The van der Waals surface area contributed by atoms with Crippen LogP contribution in [0.25, 0.3) is 0 Å². The third-order valence-corrected chi connectivity index (χ3v) is 0. The molecule has 5 N–H and O–H groups in total. The molecule has 2 radical (unpaired) electrons. The second-order valence-electron chi connectivity index (χ2n) is 2.11. The van der Waals surface area contributed by atoms with E-state index in [0.717, 1.165) is 0 Å². The maximum atomic E-state index is 9.08. The van der Waals surface area contributed by atoms with Gasteiger partial charge in [0.25, 0.3) is 0 Å². The molecule has 0 spiro atoms. The Labute approximate surface area is 190 Å². The fourth-order valence-electron chi connectivity index (χ4n) is 0. The van der Waals surface area contributed by atoms with Crippen molar-refractivity contribution in [3.05, 3.63) is 0 Å². The maximum absolute atomic E-state index is 9.08. The maximum Gasteiger partial charge on any atom is 3.00 e. The van der Waals surface area contributed by atoms with Crippen molar-refractivity contribution in [2.24, 2.45) is 0 Å². The zero-order chi connectivity index (χ0) is 13.5. The Morgan fingerprint density at radius 2 is 0.524 bits per heavy atom. The third-order valence-electron chi connectivity index (χ3n) is 0. The second kappa shape index (κ2) is 24.6. The molecule has 13 nitrogen and oxygen atoms in total. The van der Waals surface area contributed by atoms with Gasteiger partial charge in [0.1, 0.15) is 0 Å². The molecule has 18 heteroatoms. The number of hydrogen-bond acceptors (Lipinski definition) is 12. The second-order valence-corrected chi connectivity index (χ2v) is 6.34. The van der Waals surface area contributed by atoms with Crippen molar-refractivity contribution >= 4 is 30.4 Å². The first kappa shape index (κ1) is 56.7. The van der Waals surface area contributed by atoms with Gasteiger partial charge in [0.2, 0.25) is 0 Å². The Hall–Kier alpha value is 2.32. The summed E-state index contributed by atoms with van der Waals surface area (Å²) in [5.74, 6) is 0. The summed E-state index contributed by atoms with van der Waals surface area (Å²) in [4.78, 5) is 0. The first-order valence-corrected chi connectivity index (χ1v) is 8.17. The first-order chi connectivity index (χ1) is 6.00. The van der Waals surface area contributed by atoms with E-state index < -0.39 is 30.4 Å². The Morgan fingerprint density at radius 1 is 0.524 bits per heavy atom. The molecule has 0 aromatic heterocycles. The van der Waals surface area contributed by atoms with Crippen LogP contribution >= 0.6 is 0 Å². The molecule has 0 saturated heterocycles. The van der Waals surface area contributed by atoms with E-state index in [1.807, 2.05) is 0 Å². The minimum absolute atomic E-state index is 0. The smallest absolute Gasteiger partial charge is 0.870 e. The zero-order valence-corrected chi connectivity index (χ0v) is 19.5. The van der Waals surface area contributed by atoms with Gasteiger partial charge < -0.3 is 35.6 Å². The topological polar surface area (TPSA) is 293 Å². The fourth-order valence-corrected chi connectivity index (χ4v) is 0. The minimum Gasteiger partial charge on any atom is -0.870 e. The van der Waals surface area contributed by atoms with E-state index in [2.05, 4.69) is 0 Å². The Kier molecular flexibility index (Phi) is 66.3. The molecule has 0 aromatic rings. The summed E-state index contributed by atoms with van der Waals surface area (Å²) in [6.45, 7) is 0. The molecule has 0 fully saturated rings. The van der Waals surface area contributed by atoms with Crippen LogP contribution in [0.2, 0.25) is 0 Å². The summed E-state index contributed by atoms with van der Waals surface area (Å²) in [7, 11) is -11.8. The van der Waals surface area contributed by atoms with Crippen molar-refractivity contribution in [3.8, 4) is 0 Å². The molecule has 0 saturated carbocycles. The molecule has 0 aliphatic rings. The van der Waals surface area contributed by atoms with Crippen molar-refractivity contribution in [1.82, 2.24) is 0 Å². The summed E-state index contributed by atoms with van der Waals surface area (Å²) in [6, 6.07) is 0. The molecule has 0 heterocycles. The van der Waals surface area contributed by atoms with E-state index in [1.165, 1.54) is 0 Å². The molecule has 0 atom stereocenters. The van der Waals surface area contributed by atoms with E-state index >= 15 is 0 Å². The van der Waals surface area contributed by atoms with Crippen LogP contribution in [0.3, 0.4) is 0 Å². The summed E-state index contributed by atoms with van der Waals surface area (Å²) >= 11 is 0. The van der Waals surface area contributed by atoms with Gasteiger partial charge in [-0.2, -0.15) is 0 Å². The molecule has 0 bridgehead atoms. The van der Waals surface area contributed by atoms with Crippen LogP contribution in [0.4, 0.5) is 0 Å². The van der Waals surface area contributed by atoms with Crippen LogP contribution in [0, 0.1) is 83.5 Å². The van der Waals surface area contributed by atoms with Crippen LogP contribution in [0.1, 0.15) is 0 Å². The molecule has 0 aliphatic heterocycles. The molecule has 0 aromatic carbocycles. The van der Waals surface area contributed by atoms with Crippen LogP contribution in [0.15, 0.2) is 0 Å². The van der Waals surface area contributed by atoms with E-state index in [9.17, 15) is 0 Å². The van der Waals surface area contributed by atoms with Gasteiger partial charge in [0.15, 0.2) is 0 Å². The van der Waals surface area contributed by atoms with Gasteiger partial charge in [0, 0.05) is 18.8 Å². The van der Waals surface area contributed by atoms with Crippen molar-refractivity contribution in [1.29, 1.82) is 0 Å². The van der Waals surface area contributed by atoms with Gasteiger partial charge in [-0.25, -0.2) is 25.3 Å². The first-order valence-electron chi connectivity index (χ1n) is 2.72. The van der Waals surface area contributed by atoms with Gasteiger partial charge in [-0.15, -0.1) is 0 Å². The van der Waals surface area contributed by atoms with Crippen LogP contribution in [-0.2, 0) is 30.4 Å². The van der Waals surface area contributed by atoms with Gasteiger partial charge in [-0.3, -0.25) is 0 Å². The van der Waals surface area contributed by atoms with Crippen LogP contribution in [-0.4, -0.2) is 79.6 Å². The monoisotopic (exact) mass is 634 g/mol. The summed E-state index contributed by atoms with van der Waals surface area (Å²) in [5.41, 5.74) is 0. The number of rotatable bonds is 0. The molecule has 130 valence electrons.